The van der Waals surface area contributed by atoms with E-state index >= 15 is 0 Å². The van der Waals surface area contributed by atoms with Crippen molar-refractivity contribution < 1.29 is 9.84 Å². The molecular formula is C18H19NO2S. The molecular weight excluding hydrogens is 294 g/mol. The zero-order chi connectivity index (χ0) is 15.4. The summed E-state index contributed by atoms with van der Waals surface area (Å²) in [4.78, 5) is 0. The topological polar surface area (TPSA) is 41.5 Å². The van der Waals surface area contributed by atoms with Gasteiger partial charge in [-0.05, 0) is 39.4 Å². The van der Waals surface area contributed by atoms with Crippen LogP contribution in [0.15, 0.2) is 53.2 Å². The Labute approximate surface area is 134 Å². The Morgan fingerprint density at radius 2 is 1.95 bits per heavy atom. The first kappa shape index (κ1) is 15.0. The second-order valence-corrected chi connectivity index (χ2v) is 5.96. The van der Waals surface area contributed by atoms with Gasteiger partial charge in [0.15, 0.2) is 0 Å². The van der Waals surface area contributed by atoms with Gasteiger partial charge in [0.05, 0.1) is 13.2 Å². The van der Waals surface area contributed by atoms with Crippen molar-refractivity contribution in [2.45, 2.75) is 12.6 Å². The highest BCUT2D eigenvalue weighted by Crippen LogP contribution is 2.28. The normalized spacial score (nSPS) is 12.5. The SMILES string of the molecule is COc1ccc(CNCC(O)c2ccsc2)c2ccccc12. The molecule has 0 amide bonds. The second kappa shape index (κ2) is 6.92. The van der Waals surface area contributed by atoms with Crippen molar-refractivity contribution in [3.63, 3.8) is 0 Å². The van der Waals surface area contributed by atoms with E-state index in [1.54, 1.807) is 18.4 Å². The van der Waals surface area contributed by atoms with Gasteiger partial charge in [-0.1, -0.05) is 30.3 Å². The molecule has 1 heterocycles. The smallest absolute Gasteiger partial charge is 0.126 e. The van der Waals surface area contributed by atoms with Crippen molar-refractivity contribution in [2.75, 3.05) is 13.7 Å². The number of hydrogen-bond donors (Lipinski definition) is 2. The van der Waals surface area contributed by atoms with E-state index < -0.39 is 6.10 Å². The van der Waals surface area contributed by atoms with E-state index in [-0.39, 0.29) is 0 Å². The molecule has 1 aromatic heterocycles. The number of aliphatic hydroxyl groups is 1. The molecule has 0 aliphatic heterocycles. The maximum absolute atomic E-state index is 10.1. The molecule has 1 unspecified atom stereocenters. The quantitative estimate of drug-likeness (QED) is 0.728. The lowest BCUT2D eigenvalue weighted by molar-refractivity contribution is 0.175. The Balaban J connectivity index is 1.72. The summed E-state index contributed by atoms with van der Waals surface area (Å²) in [6.07, 6.45) is -0.462. The molecule has 2 aromatic carbocycles. The Morgan fingerprint density at radius 3 is 2.68 bits per heavy atom. The van der Waals surface area contributed by atoms with Gasteiger partial charge in [0.2, 0.25) is 0 Å². The number of thiophene rings is 1. The highest BCUT2D eigenvalue weighted by Gasteiger charge is 2.09. The number of hydrogen-bond acceptors (Lipinski definition) is 4. The van der Waals surface area contributed by atoms with Crippen LogP contribution >= 0.6 is 11.3 Å². The van der Waals surface area contributed by atoms with Crippen LogP contribution in [0.2, 0.25) is 0 Å². The minimum atomic E-state index is -0.462. The van der Waals surface area contributed by atoms with Crippen molar-refractivity contribution in [3.8, 4) is 5.75 Å². The van der Waals surface area contributed by atoms with Crippen molar-refractivity contribution in [2.24, 2.45) is 0 Å². The van der Waals surface area contributed by atoms with E-state index in [2.05, 4.69) is 23.5 Å². The summed E-state index contributed by atoms with van der Waals surface area (Å²) in [5.74, 6) is 0.887. The molecule has 3 nitrogen and oxygen atoms in total. The largest absolute Gasteiger partial charge is 0.496 e. The van der Waals surface area contributed by atoms with Gasteiger partial charge in [0.1, 0.15) is 5.75 Å². The van der Waals surface area contributed by atoms with Gasteiger partial charge in [0, 0.05) is 18.5 Å². The van der Waals surface area contributed by atoms with E-state index in [0.29, 0.717) is 13.1 Å². The van der Waals surface area contributed by atoms with Crippen molar-refractivity contribution in [1.29, 1.82) is 0 Å². The Hall–Kier alpha value is -1.88. The molecule has 22 heavy (non-hydrogen) atoms. The number of methoxy groups -OCH3 is 1. The predicted molar refractivity (Wildman–Crippen MR) is 91.5 cm³/mol. The fourth-order valence-corrected chi connectivity index (χ4v) is 3.30. The summed E-state index contributed by atoms with van der Waals surface area (Å²) in [6, 6.07) is 14.2. The van der Waals surface area contributed by atoms with Gasteiger partial charge >= 0.3 is 0 Å². The molecule has 114 valence electrons. The standard InChI is InChI=1S/C18H19NO2S/c1-21-18-7-6-13(15-4-2-3-5-16(15)18)10-19-11-17(20)14-8-9-22-12-14/h2-9,12,17,19-20H,10-11H2,1H3. The third-order valence-corrected chi connectivity index (χ3v) is 4.48. The zero-order valence-electron chi connectivity index (χ0n) is 12.5. The molecule has 0 fully saturated rings. The molecule has 0 spiro atoms. The van der Waals surface area contributed by atoms with Crippen LogP contribution in [0.4, 0.5) is 0 Å². The van der Waals surface area contributed by atoms with E-state index in [0.717, 1.165) is 16.7 Å². The molecule has 3 aromatic rings. The Bertz CT molecular complexity index is 740. The first-order valence-corrected chi connectivity index (χ1v) is 8.19. The first-order valence-electron chi connectivity index (χ1n) is 7.25. The van der Waals surface area contributed by atoms with E-state index in [1.165, 1.54) is 10.9 Å². The monoisotopic (exact) mass is 313 g/mol. The first-order chi connectivity index (χ1) is 10.8. The van der Waals surface area contributed by atoms with Crippen molar-refractivity contribution in [1.82, 2.24) is 5.32 Å². The number of ether oxygens (including phenoxy) is 1. The minimum absolute atomic E-state index is 0.462. The molecule has 4 heteroatoms. The molecule has 0 bridgehead atoms. The van der Waals surface area contributed by atoms with Gasteiger partial charge in [-0.2, -0.15) is 11.3 Å². The third-order valence-electron chi connectivity index (χ3n) is 3.78. The Morgan fingerprint density at radius 1 is 1.14 bits per heavy atom. The van der Waals surface area contributed by atoms with E-state index in [4.69, 9.17) is 4.74 Å². The van der Waals surface area contributed by atoms with Crippen LogP contribution in [0.1, 0.15) is 17.2 Å². The van der Waals surface area contributed by atoms with Gasteiger partial charge in [-0.3, -0.25) is 0 Å². The highest BCUT2D eigenvalue weighted by atomic mass is 32.1. The number of nitrogens with one attached hydrogen (secondary N) is 1. The average Bonchev–Trinajstić information content (AvgIpc) is 3.09. The average molecular weight is 313 g/mol. The van der Waals surface area contributed by atoms with E-state index in [1.807, 2.05) is 35.0 Å². The maximum atomic E-state index is 10.1. The predicted octanol–water partition coefficient (Wildman–Crippen LogP) is 3.73. The number of rotatable bonds is 6. The fraction of sp³-hybridized carbons (Fsp3) is 0.222. The van der Waals surface area contributed by atoms with Crippen LogP contribution < -0.4 is 10.1 Å². The van der Waals surface area contributed by atoms with Crippen LogP contribution in [0.25, 0.3) is 10.8 Å². The molecule has 3 rings (SSSR count). The van der Waals surface area contributed by atoms with Gasteiger partial charge in [0.25, 0.3) is 0 Å². The summed E-state index contributed by atoms with van der Waals surface area (Å²) >= 11 is 1.60. The molecule has 0 saturated carbocycles. The van der Waals surface area contributed by atoms with Crippen LogP contribution in [0.3, 0.4) is 0 Å². The van der Waals surface area contributed by atoms with Crippen LogP contribution in [-0.4, -0.2) is 18.8 Å². The number of fused-ring (bicyclic) bond motifs is 1. The highest BCUT2D eigenvalue weighted by molar-refractivity contribution is 7.07. The summed E-state index contributed by atoms with van der Waals surface area (Å²) in [5, 5.41) is 19.7. The van der Waals surface area contributed by atoms with Crippen molar-refractivity contribution in [3.05, 3.63) is 64.4 Å². The van der Waals surface area contributed by atoms with Gasteiger partial charge < -0.3 is 15.2 Å². The molecule has 0 radical (unpaired) electrons. The lowest BCUT2D eigenvalue weighted by Gasteiger charge is -2.13. The number of benzene rings is 2. The zero-order valence-corrected chi connectivity index (χ0v) is 13.3. The minimum Gasteiger partial charge on any atom is -0.496 e. The number of aliphatic hydroxyl groups excluding tert-OH is 1. The third kappa shape index (κ3) is 3.14. The lowest BCUT2D eigenvalue weighted by atomic mass is 10.0. The Kier molecular flexibility index (Phi) is 4.73. The lowest BCUT2D eigenvalue weighted by Crippen LogP contribution is -2.20. The van der Waals surface area contributed by atoms with Crippen LogP contribution in [-0.2, 0) is 6.54 Å². The van der Waals surface area contributed by atoms with Crippen molar-refractivity contribution >= 4 is 22.1 Å². The molecule has 0 aliphatic rings. The van der Waals surface area contributed by atoms with Crippen LogP contribution in [0.5, 0.6) is 5.75 Å². The summed E-state index contributed by atoms with van der Waals surface area (Å²) < 4.78 is 5.41. The molecule has 2 N–H and O–H groups in total. The molecule has 0 saturated heterocycles. The summed E-state index contributed by atoms with van der Waals surface area (Å²) in [6.45, 7) is 1.25. The maximum Gasteiger partial charge on any atom is 0.126 e. The summed E-state index contributed by atoms with van der Waals surface area (Å²) in [5.41, 5.74) is 2.17. The second-order valence-electron chi connectivity index (χ2n) is 5.18. The van der Waals surface area contributed by atoms with Gasteiger partial charge in [-0.15, -0.1) is 0 Å². The van der Waals surface area contributed by atoms with Gasteiger partial charge in [-0.25, -0.2) is 0 Å². The van der Waals surface area contributed by atoms with Crippen LogP contribution in [0, 0.1) is 0 Å². The molecule has 0 aliphatic carbocycles. The molecule has 1 atom stereocenters. The summed E-state index contributed by atoms with van der Waals surface area (Å²) in [7, 11) is 1.69. The van der Waals surface area contributed by atoms with E-state index in [9.17, 15) is 5.11 Å². The fourth-order valence-electron chi connectivity index (χ4n) is 2.59.